The van der Waals surface area contributed by atoms with Crippen molar-refractivity contribution in [2.24, 2.45) is 0 Å². The Hall–Kier alpha value is -3.01. The second kappa shape index (κ2) is 8.12. The highest BCUT2D eigenvalue weighted by Gasteiger charge is 2.27. The van der Waals surface area contributed by atoms with E-state index in [1.807, 2.05) is 6.07 Å². The Morgan fingerprint density at radius 1 is 1.44 bits per heavy atom. The van der Waals surface area contributed by atoms with E-state index in [0.717, 1.165) is 0 Å². The van der Waals surface area contributed by atoms with Gasteiger partial charge in [-0.15, -0.1) is 10.2 Å². The van der Waals surface area contributed by atoms with Gasteiger partial charge in [0.15, 0.2) is 0 Å². The molecule has 12 heteroatoms. The van der Waals surface area contributed by atoms with Crippen molar-refractivity contribution in [1.82, 2.24) is 24.9 Å². The molecule has 2 aromatic rings. The molecule has 1 aromatic heterocycles. The summed E-state index contributed by atoms with van der Waals surface area (Å²) in [6.45, 7) is 1.32. The lowest BCUT2D eigenvalue weighted by Crippen LogP contribution is -2.40. The number of morpholine rings is 1. The molecule has 0 spiro atoms. The Balaban J connectivity index is 1.91. The summed E-state index contributed by atoms with van der Waals surface area (Å²) in [5.41, 5.74) is 0.496. The van der Waals surface area contributed by atoms with Gasteiger partial charge in [-0.2, -0.15) is 14.8 Å². The third-order valence-electron chi connectivity index (χ3n) is 3.86. The van der Waals surface area contributed by atoms with Crippen LogP contribution in [0.4, 0.5) is 5.69 Å². The van der Waals surface area contributed by atoms with E-state index in [0.29, 0.717) is 37.7 Å². The lowest BCUT2D eigenvalue weighted by Gasteiger charge is -2.26. The zero-order valence-electron chi connectivity index (χ0n) is 14.4. The highest BCUT2D eigenvalue weighted by atomic mass is 32.2. The van der Waals surface area contributed by atoms with Crippen molar-refractivity contribution in [3.8, 4) is 11.8 Å². The number of methoxy groups -OCH3 is 1. The normalized spacial score (nSPS) is 15.9. The van der Waals surface area contributed by atoms with E-state index in [4.69, 9.17) is 9.47 Å². The molecular formula is C15H17N7O4S. The van der Waals surface area contributed by atoms with Crippen LogP contribution in [-0.2, 0) is 14.8 Å². The van der Waals surface area contributed by atoms with Crippen molar-refractivity contribution >= 4 is 21.3 Å². The predicted molar refractivity (Wildman–Crippen MR) is 94.0 cm³/mol. The number of aromatic nitrogens is 4. The van der Waals surface area contributed by atoms with E-state index in [-0.39, 0.29) is 16.3 Å². The number of ether oxygens (including phenoxy) is 2. The molecule has 142 valence electrons. The number of nitrogens with one attached hydrogen (secondary N) is 2. The number of benzene rings is 1. The highest BCUT2D eigenvalue weighted by molar-refractivity contribution is 7.89. The summed E-state index contributed by atoms with van der Waals surface area (Å²) in [7, 11) is -2.20. The van der Waals surface area contributed by atoms with Crippen LogP contribution in [-0.4, -0.2) is 66.8 Å². The summed E-state index contributed by atoms with van der Waals surface area (Å²) in [4.78, 5) is 0.110. The summed E-state index contributed by atoms with van der Waals surface area (Å²) >= 11 is 0. The molecule has 1 aromatic carbocycles. The third-order valence-corrected chi connectivity index (χ3v) is 5.75. The van der Waals surface area contributed by atoms with E-state index in [9.17, 15) is 13.7 Å². The fourth-order valence-corrected chi connectivity index (χ4v) is 3.90. The van der Waals surface area contributed by atoms with Crippen LogP contribution in [0.2, 0.25) is 0 Å². The minimum Gasteiger partial charge on any atom is -0.495 e. The van der Waals surface area contributed by atoms with Crippen molar-refractivity contribution in [1.29, 1.82) is 5.26 Å². The van der Waals surface area contributed by atoms with Gasteiger partial charge in [0.05, 0.1) is 30.9 Å². The molecule has 0 unspecified atom stereocenters. The number of sulfonamides is 1. The summed E-state index contributed by atoms with van der Waals surface area (Å²) in [5.74, 6) is 0.527. The first-order valence-corrected chi connectivity index (χ1v) is 9.37. The number of anilines is 1. The lowest BCUT2D eigenvalue weighted by molar-refractivity contribution is 0.0730. The molecule has 1 fully saturated rings. The van der Waals surface area contributed by atoms with E-state index >= 15 is 0 Å². The van der Waals surface area contributed by atoms with Crippen molar-refractivity contribution in [3.05, 3.63) is 30.2 Å². The predicted octanol–water partition coefficient (Wildman–Crippen LogP) is 0.206. The summed E-state index contributed by atoms with van der Waals surface area (Å²) < 4.78 is 37.5. The fraction of sp³-hybridized carbons (Fsp3) is 0.333. The molecule has 3 rings (SSSR count). The van der Waals surface area contributed by atoms with Crippen LogP contribution in [0.3, 0.4) is 0 Å². The first-order chi connectivity index (χ1) is 13.1. The Morgan fingerprint density at radius 2 is 2.22 bits per heavy atom. The van der Waals surface area contributed by atoms with Crippen molar-refractivity contribution in [2.45, 2.75) is 4.90 Å². The van der Waals surface area contributed by atoms with Crippen LogP contribution in [0.5, 0.6) is 5.75 Å². The first-order valence-electron chi connectivity index (χ1n) is 7.93. The van der Waals surface area contributed by atoms with Gasteiger partial charge < -0.3 is 14.8 Å². The fourth-order valence-electron chi connectivity index (χ4n) is 2.47. The van der Waals surface area contributed by atoms with Gasteiger partial charge >= 0.3 is 0 Å². The highest BCUT2D eigenvalue weighted by Crippen LogP contribution is 2.29. The average molecular weight is 391 g/mol. The maximum Gasteiger partial charge on any atom is 0.243 e. The van der Waals surface area contributed by atoms with E-state index < -0.39 is 10.0 Å². The molecule has 2 N–H and O–H groups in total. The molecule has 1 saturated heterocycles. The number of tetrazole rings is 1. The lowest BCUT2D eigenvalue weighted by atomic mass is 10.2. The molecule has 0 saturated carbocycles. The van der Waals surface area contributed by atoms with Crippen LogP contribution in [0.1, 0.15) is 5.82 Å². The van der Waals surface area contributed by atoms with Gasteiger partial charge in [0.1, 0.15) is 17.4 Å². The number of hydrogen-bond acceptors (Lipinski definition) is 9. The Labute approximate surface area is 155 Å². The minimum absolute atomic E-state index is 0.110. The standard InChI is InChI=1S/C15H17N7O4S/c1-25-14-3-2-12(27(23,24)22-4-6-26-7-5-22)8-13(14)17-10-11(9-16)15-18-20-21-19-15/h2-3,8,10,17H,4-7H2,1H3,(H,18,19,20,21). The van der Waals surface area contributed by atoms with Crippen molar-refractivity contribution in [3.63, 3.8) is 0 Å². The molecule has 0 aliphatic carbocycles. The quantitative estimate of drug-likeness (QED) is 0.659. The Morgan fingerprint density at radius 3 is 2.85 bits per heavy atom. The molecular weight excluding hydrogens is 374 g/mol. The summed E-state index contributed by atoms with van der Waals surface area (Å²) in [5, 5.41) is 25.2. The molecule has 1 aliphatic heterocycles. The molecule has 0 bridgehead atoms. The number of nitriles is 1. The van der Waals surface area contributed by atoms with Gasteiger partial charge in [-0.25, -0.2) is 8.42 Å². The largest absolute Gasteiger partial charge is 0.495 e. The van der Waals surface area contributed by atoms with Gasteiger partial charge in [-0.1, -0.05) is 0 Å². The topological polar surface area (TPSA) is 146 Å². The first kappa shape index (κ1) is 18.8. The van der Waals surface area contributed by atoms with Crippen LogP contribution in [0, 0.1) is 11.3 Å². The zero-order valence-corrected chi connectivity index (χ0v) is 15.2. The summed E-state index contributed by atoms with van der Waals surface area (Å²) in [6.07, 6.45) is 1.36. The monoisotopic (exact) mass is 391 g/mol. The average Bonchev–Trinajstić information content (AvgIpc) is 3.23. The van der Waals surface area contributed by atoms with E-state index in [1.54, 1.807) is 6.07 Å². The maximum absolute atomic E-state index is 12.8. The molecule has 0 radical (unpaired) electrons. The van der Waals surface area contributed by atoms with Gasteiger partial charge in [0, 0.05) is 19.3 Å². The molecule has 2 heterocycles. The molecule has 27 heavy (non-hydrogen) atoms. The molecule has 1 aliphatic rings. The van der Waals surface area contributed by atoms with Gasteiger partial charge in [-0.3, -0.25) is 0 Å². The van der Waals surface area contributed by atoms with Crippen molar-refractivity contribution < 1.29 is 17.9 Å². The smallest absolute Gasteiger partial charge is 0.243 e. The van der Waals surface area contributed by atoms with Gasteiger partial charge in [-0.05, 0) is 23.4 Å². The Kier molecular flexibility index (Phi) is 5.65. The van der Waals surface area contributed by atoms with E-state index in [1.165, 1.54) is 29.7 Å². The van der Waals surface area contributed by atoms with Gasteiger partial charge in [0.25, 0.3) is 0 Å². The van der Waals surface area contributed by atoms with Crippen LogP contribution >= 0.6 is 0 Å². The number of nitrogens with zero attached hydrogens (tertiary/aromatic N) is 5. The third kappa shape index (κ3) is 4.05. The number of H-pyrrole nitrogens is 1. The second-order valence-electron chi connectivity index (χ2n) is 5.43. The van der Waals surface area contributed by atoms with Gasteiger partial charge in [0.2, 0.25) is 15.8 Å². The Bertz CT molecular complexity index is 961. The maximum atomic E-state index is 12.8. The number of aromatic amines is 1. The number of rotatable bonds is 6. The van der Waals surface area contributed by atoms with Crippen LogP contribution in [0.15, 0.2) is 29.3 Å². The zero-order chi connectivity index (χ0) is 19.3. The summed E-state index contributed by atoms with van der Waals surface area (Å²) in [6, 6.07) is 6.41. The van der Waals surface area contributed by atoms with Crippen LogP contribution < -0.4 is 10.1 Å². The second-order valence-corrected chi connectivity index (χ2v) is 7.37. The minimum atomic E-state index is -3.66. The molecule has 11 nitrogen and oxygen atoms in total. The SMILES string of the molecule is COc1ccc(S(=O)(=O)N2CCOCC2)cc1NC=C(C#N)c1nn[nH]n1. The molecule has 0 atom stereocenters. The van der Waals surface area contributed by atoms with Crippen molar-refractivity contribution in [2.75, 3.05) is 38.7 Å². The number of allylic oxidation sites excluding steroid dienone is 1. The van der Waals surface area contributed by atoms with Crippen LogP contribution in [0.25, 0.3) is 5.57 Å². The molecule has 0 amide bonds. The number of hydrogen-bond donors (Lipinski definition) is 2. The van der Waals surface area contributed by atoms with E-state index in [2.05, 4.69) is 25.9 Å².